The van der Waals surface area contributed by atoms with Gasteiger partial charge in [0.1, 0.15) is 6.26 Å². The monoisotopic (exact) mass is 313 g/mol. The van der Waals surface area contributed by atoms with Gasteiger partial charge in [-0.3, -0.25) is 4.90 Å². The molecule has 0 aromatic carbocycles. The lowest BCUT2D eigenvalue weighted by molar-refractivity contribution is 0.225. The number of aromatic nitrogens is 3. The van der Waals surface area contributed by atoms with Crippen LogP contribution in [0.2, 0.25) is 0 Å². The van der Waals surface area contributed by atoms with Crippen LogP contribution in [0.15, 0.2) is 21.2 Å². The van der Waals surface area contributed by atoms with Crippen LogP contribution in [0.1, 0.15) is 18.1 Å². The minimum atomic E-state index is -0.140. The minimum absolute atomic E-state index is 0.0423. The number of rotatable bonds is 4. The number of anilines is 1. The fourth-order valence-corrected chi connectivity index (χ4v) is 3.40. The van der Waals surface area contributed by atoms with Crippen molar-refractivity contribution in [3.63, 3.8) is 0 Å². The molecule has 0 saturated carbocycles. The van der Waals surface area contributed by atoms with Gasteiger partial charge in [-0.05, 0) is 6.92 Å². The highest BCUT2D eigenvalue weighted by atomic mass is 32.2. The summed E-state index contributed by atoms with van der Waals surface area (Å²) in [7, 11) is 5.06. The molecule has 20 heavy (non-hydrogen) atoms. The van der Waals surface area contributed by atoms with Crippen molar-refractivity contribution in [1.82, 2.24) is 20.1 Å². The molecule has 0 aliphatic heterocycles. The number of carbonyl (C=O) groups is 1. The first-order valence-electron chi connectivity index (χ1n) is 5.83. The first kappa shape index (κ1) is 14.8. The first-order valence-corrected chi connectivity index (χ1v) is 7.53. The Labute approximate surface area is 125 Å². The fourth-order valence-electron chi connectivity index (χ4n) is 1.40. The van der Waals surface area contributed by atoms with E-state index in [9.17, 15) is 4.79 Å². The van der Waals surface area contributed by atoms with E-state index in [2.05, 4.69) is 15.2 Å². The molecule has 1 atom stereocenters. The van der Waals surface area contributed by atoms with E-state index >= 15 is 0 Å². The molecule has 9 heteroatoms. The lowest BCUT2D eigenvalue weighted by atomic mass is 10.5. The van der Waals surface area contributed by atoms with Gasteiger partial charge in [-0.15, -0.1) is 10.2 Å². The highest BCUT2D eigenvalue weighted by Crippen LogP contribution is 2.37. The SMILES string of the molecule is CC(Sc1nnc(N(C)C(=O)N(C)C)s1)c1ncco1. The van der Waals surface area contributed by atoms with Crippen LogP contribution in [0.3, 0.4) is 0 Å². The van der Waals surface area contributed by atoms with Crippen LogP contribution in [0.25, 0.3) is 0 Å². The Balaban J connectivity index is 2.04. The normalized spacial score (nSPS) is 12.2. The Morgan fingerprint density at radius 1 is 1.40 bits per heavy atom. The molecule has 0 bridgehead atoms. The van der Waals surface area contributed by atoms with Crippen LogP contribution in [0.5, 0.6) is 0 Å². The summed E-state index contributed by atoms with van der Waals surface area (Å²) in [4.78, 5) is 18.9. The smallest absolute Gasteiger partial charge is 0.325 e. The molecule has 2 aromatic rings. The van der Waals surface area contributed by atoms with Crippen molar-refractivity contribution in [1.29, 1.82) is 0 Å². The molecule has 0 saturated heterocycles. The van der Waals surface area contributed by atoms with Gasteiger partial charge in [-0.2, -0.15) is 0 Å². The number of urea groups is 1. The molecule has 0 N–H and O–H groups in total. The molecule has 7 nitrogen and oxygen atoms in total. The van der Waals surface area contributed by atoms with E-state index in [1.807, 2.05) is 6.92 Å². The van der Waals surface area contributed by atoms with E-state index in [1.54, 1.807) is 33.6 Å². The number of nitrogens with zero attached hydrogens (tertiary/aromatic N) is 5. The van der Waals surface area contributed by atoms with Gasteiger partial charge in [0.15, 0.2) is 4.34 Å². The van der Waals surface area contributed by atoms with E-state index < -0.39 is 0 Å². The predicted octanol–water partition coefficient (Wildman–Crippen LogP) is 2.50. The molecule has 0 radical (unpaired) electrons. The maximum absolute atomic E-state index is 11.8. The molecule has 2 rings (SSSR count). The van der Waals surface area contributed by atoms with Gasteiger partial charge < -0.3 is 9.32 Å². The van der Waals surface area contributed by atoms with Crippen molar-refractivity contribution in [2.75, 3.05) is 26.0 Å². The number of thioether (sulfide) groups is 1. The van der Waals surface area contributed by atoms with Gasteiger partial charge in [0.25, 0.3) is 0 Å². The van der Waals surface area contributed by atoms with Crippen LogP contribution in [0.4, 0.5) is 9.93 Å². The standard InChI is InChI=1S/C11H15N5O2S2/c1-7(8-12-5-6-18-8)19-10-14-13-9(20-10)16(4)11(17)15(2)3/h5-7H,1-4H3. The summed E-state index contributed by atoms with van der Waals surface area (Å²) in [6.45, 7) is 1.98. The van der Waals surface area contributed by atoms with Crippen molar-refractivity contribution in [3.8, 4) is 0 Å². The Morgan fingerprint density at radius 2 is 2.15 bits per heavy atom. The van der Waals surface area contributed by atoms with E-state index in [4.69, 9.17) is 4.42 Å². The molecule has 2 amide bonds. The van der Waals surface area contributed by atoms with Gasteiger partial charge >= 0.3 is 6.03 Å². The molecule has 0 fully saturated rings. The third kappa shape index (κ3) is 3.28. The second-order valence-electron chi connectivity index (χ2n) is 4.22. The number of oxazole rings is 1. The summed E-state index contributed by atoms with van der Waals surface area (Å²) < 4.78 is 6.01. The number of hydrogen-bond donors (Lipinski definition) is 0. The second-order valence-corrected chi connectivity index (χ2v) is 6.76. The summed E-state index contributed by atoms with van der Waals surface area (Å²) in [5.74, 6) is 0.643. The van der Waals surface area contributed by atoms with E-state index in [1.165, 1.54) is 32.9 Å². The minimum Gasteiger partial charge on any atom is -0.448 e. The molecule has 2 aromatic heterocycles. The third-order valence-electron chi connectivity index (χ3n) is 2.43. The van der Waals surface area contributed by atoms with E-state index in [0.29, 0.717) is 11.0 Å². The molecule has 0 aliphatic carbocycles. The molecule has 0 spiro atoms. The summed E-state index contributed by atoms with van der Waals surface area (Å²) >= 11 is 2.86. The average molecular weight is 313 g/mol. The van der Waals surface area contributed by atoms with Gasteiger partial charge in [-0.25, -0.2) is 9.78 Å². The van der Waals surface area contributed by atoms with Crippen LogP contribution in [-0.4, -0.2) is 47.3 Å². The topological polar surface area (TPSA) is 75.4 Å². The quantitative estimate of drug-likeness (QED) is 0.637. The van der Waals surface area contributed by atoms with Gasteiger partial charge in [0.05, 0.1) is 11.4 Å². The summed E-state index contributed by atoms with van der Waals surface area (Å²) in [5, 5.41) is 8.71. The molecular weight excluding hydrogens is 298 g/mol. The lowest BCUT2D eigenvalue weighted by Crippen LogP contribution is -2.36. The van der Waals surface area contributed by atoms with Crippen LogP contribution < -0.4 is 4.90 Å². The third-order valence-corrected chi connectivity index (χ3v) is 4.60. The van der Waals surface area contributed by atoms with Crippen LogP contribution in [-0.2, 0) is 0 Å². The van der Waals surface area contributed by atoms with Gasteiger partial charge in [0.2, 0.25) is 11.0 Å². The Bertz CT molecular complexity index is 569. The Hall–Kier alpha value is -1.61. The molecule has 2 heterocycles. The average Bonchev–Trinajstić information content (AvgIpc) is 3.07. The van der Waals surface area contributed by atoms with Crippen molar-refractivity contribution < 1.29 is 9.21 Å². The lowest BCUT2D eigenvalue weighted by Gasteiger charge is -2.18. The number of amides is 2. The van der Waals surface area contributed by atoms with Crippen molar-refractivity contribution in [2.45, 2.75) is 16.5 Å². The van der Waals surface area contributed by atoms with E-state index in [-0.39, 0.29) is 11.3 Å². The fraction of sp³-hybridized carbons (Fsp3) is 0.455. The van der Waals surface area contributed by atoms with E-state index in [0.717, 1.165) is 4.34 Å². The Kier molecular flexibility index (Phi) is 4.61. The highest BCUT2D eigenvalue weighted by molar-refractivity contribution is 8.01. The van der Waals surface area contributed by atoms with Crippen molar-refractivity contribution >= 4 is 34.3 Å². The number of carbonyl (C=O) groups excluding carboxylic acids is 1. The zero-order valence-electron chi connectivity index (χ0n) is 11.6. The van der Waals surface area contributed by atoms with Gasteiger partial charge in [0, 0.05) is 21.1 Å². The molecular formula is C11H15N5O2S2. The Morgan fingerprint density at radius 3 is 2.75 bits per heavy atom. The maximum atomic E-state index is 11.8. The van der Waals surface area contributed by atoms with Crippen molar-refractivity contribution in [2.24, 2.45) is 0 Å². The van der Waals surface area contributed by atoms with Crippen LogP contribution in [0, 0.1) is 0 Å². The summed E-state index contributed by atoms with van der Waals surface area (Å²) in [6.07, 6.45) is 3.16. The molecule has 1 unspecified atom stereocenters. The zero-order chi connectivity index (χ0) is 14.7. The predicted molar refractivity (Wildman–Crippen MR) is 78.2 cm³/mol. The first-order chi connectivity index (χ1) is 9.49. The summed E-state index contributed by atoms with van der Waals surface area (Å²) in [6, 6.07) is -0.140. The van der Waals surface area contributed by atoms with Crippen LogP contribution >= 0.6 is 23.1 Å². The van der Waals surface area contributed by atoms with Gasteiger partial charge in [-0.1, -0.05) is 23.1 Å². The summed E-state index contributed by atoms with van der Waals surface area (Å²) in [5.41, 5.74) is 0. The maximum Gasteiger partial charge on any atom is 0.325 e. The highest BCUT2D eigenvalue weighted by Gasteiger charge is 2.19. The molecule has 108 valence electrons. The second kappa shape index (κ2) is 6.23. The number of hydrogen-bond acceptors (Lipinski definition) is 7. The largest absolute Gasteiger partial charge is 0.448 e. The zero-order valence-corrected chi connectivity index (χ0v) is 13.2. The van der Waals surface area contributed by atoms with Crippen molar-refractivity contribution in [3.05, 3.63) is 18.4 Å². The molecule has 0 aliphatic rings.